The van der Waals surface area contributed by atoms with Gasteiger partial charge in [-0.15, -0.1) is 0 Å². The lowest BCUT2D eigenvalue weighted by molar-refractivity contribution is -0.152. The molecule has 0 radical (unpaired) electrons. The summed E-state index contributed by atoms with van der Waals surface area (Å²) in [6, 6.07) is -0.422. The second-order valence-corrected chi connectivity index (χ2v) is 3.30. The molecule has 0 fully saturated rings. The molecule has 0 saturated carbocycles. The number of nitrogens with zero attached hydrogens (tertiary/aromatic N) is 1. The predicted octanol–water partition coefficient (Wildman–Crippen LogP) is 0.823. The van der Waals surface area contributed by atoms with Gasteiger partial charge in [0.05, 0.1) is 19.8 Å². The van der Waals surface area contributed by atoms with Crippen LogP contribution in [0.1, 0.15) is 27.7 Å². The van der Waals surface area contributed by atoms with Gasteiger partial charge in [-0.1, -0.05) is 6.92 Å². The van der Waals surface area contributed by atoms with Crippen molar-refractivity contribution >= 4 is 11.9 Å². The van der Waals surface area contributed by atoms with E-state index in [2.05, 4.69) is 0 Å². The van der Waals surface area contributed by atoms with Gasteiger partial charge in [-0.2, -0.15) is 0 Å². The van der Waals surface area contributed by atoms with Crippen LogP contribution in [0.25, 0.3) is 0 Å². The number of carbonyl (C=O) groups is 2. The molecule has 0 heterocycles. The van der Waals surface area contributed by atoms with Gasteiger partial charge < -0.3 is 9.47 Å². The molecular weight excluding hydrogens is 210 g/mol. The van der Waals surface area contributed by atoms with E-state index in [1.807, 2.05) is 6.92 Å². The largest absolute Gasteiger partial charge is 0.465 e. The molecule has 16 heavy (non-hydrogen) atoms. The summed E-state index contributed by atoms with van der Waals surface area (Å²) in [6.45, 7) is 8.53. The number of esters is 2. The highest BCUT2D eigenvalue weighted by Gasteiger charge is 2.23. The summed E-state index contributed by atoms with van der Waals surface area (Å²) in [4.78, 5) is 24.5. The SMILES string of the molecule is CCOC(=O)CN(CC)C(C)C(=O)OCC. The minimum Gasteiger partial charge on any atom is -0.465 e. The van der Waals surface area contributed by atoms with Gasteiger partial charge in [0.1, 0.15) is 6.04 Å². The molecule has 0 rings (SSSR count). The van der Waals surface area contributed by atoms with Gasteiger partial charge in [-0.05, 0) is 27.3 Å². The molecule has 0 aromatic rings. The summed E-state index contributed by atoms with van der Waals surface area (Å²) in [7, 11) is 0. The number of ether oxygens (including phenoxy) is 2. The normalized spacial score (nSPS) is 12.3. The Bertz CT molecular complexity index is 230. The second-order valence-electron chi connectivity index (χ2n) is 3.30. The molecule has 1 atom stereocenters. The minimum atomic E-state index is -0.422. The van der Waals surface area contributed by atoms with Crippen LogP contribution in [0.4, 0.5) is 0 Å². The third-order valence-corrected chi connectivity index (χ3v) is 2.22. The molecule has 5 heteroatoms. The van der Waals surface area contributed by atoms with E-state index in [1.165, 1.54) is 0 Å². The van der Waals surface area contributed by atoms with Crippen molar-refractivity contribution in [3.8, 4) is 0 Å². The standard InChI is InChI=1S/C11H21NO4/c1-5-12(8-10(13)15-6-2)9(4)11(14)16-7-3/h9H,5-8H2,1-4H3. The predicted molar refractivity (Wildman–Crippen MR) is 60.0 cm³/mol. The summed E-state index contributed by atoms with van der Waals surface area (Å²) in [5.74, 6) is -0.630. The van der Waals surface area contributed by atoms with E-state index < -0.39 is 6.04 Å². The van der Waals surface area contributed by atoms with Crippen LogP contribution in [0.3, 0.4) is 0 Å². The van der Waals surface area contributed by atoms with E-state index in [1.54, 1.807) is 25.7 Å². The van der Waals surface area contributed by atoms with Crippen LogP contribution in [-0.2, 0) is 19.1 Å². The zero-order valence-corrected chi connectivity index (χ0v) is 10.5. The van der Waals surface area contributed by atoms with Crippen LogP contribution >= 0.6 is 0 Å². The number of hydrogen-bond acceptors (Lipinski definition) is 5. The Morgan fingerprint density at radius 3 is 2.12 bits per heavy atom. The molecule has 1 unspecified atom stereocenters. The fraction of sp³-hybridized carbons (Fsp3) is 0.818. The maximum atomic E-state index is 11.5. The van der Waals surface area contributed by atoms with E-state index in [-0.39, 0.29) is 18.5 Å². The third-order valence-electron chi connectivity index (χ3n) is 2.22. The first-order chi connectivity index (χ1) is 7.56. The van der Waals surface area contributed by atoms with E-state index in [0.29, 0.717) is 19.8 Å². The molecule has 0 aromatic carbocycles. The average Bonchev–Trinajstić information content (AvgIpc) is 2.25. The fourth-order valence-corrected chi connectivity index (χ4v) is 1.31. The lowest BCUT2D eigenvalue weighted by Gasteiger charge is -2.24. The summed E-state index contributed by atoms with van der Waals surface area (Å²) in [5.41, 5.74) is 0. The second kappa shape index (κ2) is 8.10. The molecule has 0 N–H and O–H groups in total. The monoisotopic (exact) mass is 231 g/mol. The van der Waals surface area contributed by atoms with E-state index in [4.69, 9.17) is 9.47 Å². The van der Waals surface area contributed by atoms with Crippen LogP contribution in [0.15, 0.2) is 0 Å². The maximum absolute atomic E-state index is 11.5. The highest BCUT2D eigenvalue weighted by Crippen LogP contribution is 2.02. The van der Waals surface area contributed by atoms with Crippen LogP contribution < -0.4 is 0 Å². The van der Waals surface area contributed by atoms with Gasteiger partial charge in [0.25, 0.3) is 0 Å². The van der Waals surface area contributed by atoms with Gasteiger partial charge in [-0.3, -0.25) is 14.5 Å². The van der Waals surface area contributed by atoms with Crippen LogP contribution in [0.2, 0.25) is 0 Å². The molecule has 0 aromatic heterocycles. The smallest absolute Gasteiger partial charge is 0.323 e. The summed E-state index contributed by atoms with van der Waals surface area (Å²) in [5, 5.41) is 0. The van der Waals surface area contributed by atoms with Gasteiger partial charge in [-0.25, -0.2) is 0 Å². The number of likely N-dealkylation sites (N-methyl/N-ethyl adjacent to an activating group) is 1. The van der Waals surface area contributed by atoms with Crippen molar-refractivity contribution in [2.24, 2.45) is 0 Å². The van der Waals surface area contributed by atoms with Crippen molar-refractivity contribution in [1.29, 1.82) is 0 Å². The van der Waals surface area contributed by atoms with Gasteiger partial charge in [0.15, 0.2) is 0 Å². The molecule has 5 nitrogen and oxygen atoms in total. The van der Waals surface area contributed by atoms with E-state index >= 15 is 0 Å². The Hall–Kier alpha value is -1.10. The molecule has 0 amide bonds. The number of carbonyl (C=O) groups excluding carboxylic acids is 2. The van der Waals surface area contributed by atoms with E-state index in [0.717, 1.165) is 0 Å². The highest BCUT2D eigenvalue weighted by atomic mass is 16.5. The minimum absolute atomic E-state index is 0.115. The van der Waals surface area contributed by atoms with Crippen LogP contribution in [-0.4, -0.2) is 49.2 Å². The van der Waals surface area contributed by atoms with Gasteiger partial charge in [0.2, 0.25) is 0 Å². The molecular formula is C11H21NO4. The molecule has 0 aliphatic carbocycles. The Morgan fingerprint density at radius 1 is 1.12 bits per heavy atom. The van der Waals surface area contributed by atoms with Crippen molar-refractivity contribution in [2.45, 2.75) is 33.7 Å². The number of hydrogen-bond donors (Lipinski definition) is 0. The topological polar surface area (TPSA) is 55.8 Å². The number of rotatable bonds is 7. The first kappa shape index (κ1) is 14.9. The fourth-order valence-electron chi connectivity index (χ4n) is 1.31. The lowest BCUT2D eigenvalue weighted by Crippen LogP contribution is -2.43. The first-order valence-corrected chi connectivity index (χ1v) is 5.63. The van der Waals surface area contributed by atoms with Gasteiger partial charge in [0, 0.05) is 0 Å². The maximum Gasteiger partial charge on any atom is 0.323 e. The summed E-state index contributed by atoms with van der Waals surface area (Å²) < 4.78 is 9.73. The molecule has 0 aliphatic heterocycles. The Balaban J connectivity index is 4.25. The molecule has 0 bridgehead atoms. The molecule has 0 saturated heterocycles. The van der Waals surface area contributed by atoms with E-state index in [9.17, 15) is 9.59 Å². The zero-order valence-electron chi connectivity index (χ0n) is 10.5. The van der Waals surface area contributed by atoms with Crippen molar-refractivity contribution in [3.05, 3.63) is 0 Å². The quantitative estimate of drug-likeness (QED) is 0.607. The van der Waals surface area contributed by atoms with Crippen molar-refractivity contribution in [3.63, 3.8) is 0 Å². The van der Waals surface area contributed by atoms with Gasteiger partial charge >= 0.3 is 11.9 Å². The van der Waals surface area contributed by atoms with Crippen molar-refractivity contribution in [2.75, 3.05) is 26.3 Å². The third kappa shape index (κ3) is 5.11. The van der Waals surface area contributed by atoms with Crippen molar-refractivity contribution < 1.29 is 19.1 Å². The lowest BCUT2D eigenvalue weighted by atomic mass is 10.3. The summed E-state index contributed by atoms with van der Waals surface area (Å²) >= 11 is 0. The molecule has 0 spiro atoms. The first-order valence-electron chi connectivity index (χ1n) is 5.63. The zero-order chi connectivity index (χ0) is 12.6. The Labute approximate surface area is 96.7 Å². The Morgan fingerprint density at radius 2 is 1.69 bits per heavy atom. The summed E-state index contributed by atoms with van der Waals surface area (Å²) in [6.07, 6.45) is 0. The average molecular weight is 231 g/mol. The Kier molecular flexibility index (Phi) is 7.54. The molecule has 94 valence electrons. The highest BCUT2D eigenvalue weighted by molar-refractivity contribution is 5.77. The van der Waals surface area contributed by atoms with Crippen molar-refractivity contribution in [1.82, 2.24) is 4.90 Å². The molecule has 0 aliphatic rings. The van der Waals surface area contributed by atoms with Crippen LogP contribution in [0, 0.1) is 0 Å². The van der Waals surface area contributed by atoms with Crippen LogP contribution in [0.5, 0.6) is 0 Å².